The molecule has 2 aliphatic rings. The first-order chi connectivity index (χ1) is 14.5. The first-order valence-electron chi connectivity index (χ1n) is 10.9. The highest BCUT2D eigenvalue weighted by Gasteiger charge is 2.50. The van der Waals surface area contributed by atoms with Crippen LogP contribution in [0, 0.1) is 6.92 Å². The number of carbonyl (C=O) groups excluding carboxylic acids is 2. The van der Waals surface area contributed by atoms with E-state index in [1.54, 1.807) is 25.1 Å². The van der Waals surface area contributed by atoms with Crippen LogP contribution in [-0.2, 0) is 19.6 Å². The zero-order valence-electron chi connectivity index (χ0n) is 18.5. The molecule has 0 bridgehead atoms. The summed E-state index contributed by atoms with van der Waals surface area (Å²) in [5, 5.41) is 3.67. The van der Waals surface area contributed by atoms with Crippen molar-refractivity contribution in [1.82, 2.24) is 9.62 Å². The van der Waals surface area contributed by atoms with Gasteiger partial charge in [0.1, 0.15) is 5.54 Å². The summed E-state index contributed by atoms with van der Waals surface area (Å²) >= 11 is 6.10. The molecule has 0 unspecified atom stereocenters. The number of rotatable bonds is 4. The zero-order valence-corrected chi connectivity index (χ0v) is 20.1. The van der Waals surface area contributed by atoms with Crippen molar-refractivity contribution in [2.24, 2.45) is 0 Å². The van der Waals surface area contributed by atoms with Crippen LogP contribution in [0.15, 0.2) is 18.2 Å². The third-order valence-electron chi connectivity index (χ3n) is 6.34. The maximum Gasteiger partial charge on any atom is 0.247 e. The molecule has 1 aromatic carbocycles. The average Bonchev–Trinajstić information content (AvgIpc) is 2.64. The fourth-order valence-electron chi connectivity index (χ4n) is 4.59. The van der Waals surface area contributed by atoms with E-state index in [-0.39, 0.29) is 25.0 Å². The van der Waals surface area contributed by atoms with Gasteiger partial charge >= 0.3 is 0 Å². The molecule has 31 heavy (non-hydrogen) atoms. The number of amides is 2. The first kappa shape index (κ1) is 24.0. The molecule has 1 aliphatic heterocycles. The van der Waals surface area contributed by atoms with Gasteiger partial charge in [-0.3, -0.25) is 14.5 Å². The first-order valence-corrected chi connectivity index (χ1v) is 13.1. The molecular weight excluding hydrogens is 438 g/mol. The van der Waals surface area contributed by atoms with E-state index in [1.165, 1.54) is 11.3 Å². The summed E-state index contributed by atoms with van der Waals surface area (Å²) in [6.45, 7) is 3.07. The number of nitrogens with zero attached hydrogens (tertiary/aromatic N) is 2. The minimum atomic E-state index is -3.64. The van der Waals surface area contributed by atoms with Gasteiger partial charge in [0.25, 0.3) is 0 Å². The van der Waals surface area contributed by atoms with Crippen LogP contribution in [0.1, 0.15) is 57.4 Å². The Bertz CT molecular complexity index is 944. The highest BCUT2D eigenvalue weighted by atomic mass is 35.5. The van der Waals surface area contributed by atoms with Crippen molar-refractivity contribution in [3.05, 3.63) is 28.8 Å². The van der Waals surface area contributed by atoms with E-state index in [1.807, 2.05) is 6.92 Å². The molecule has 1 heterocycles. The van der Waals surface area contributed by atoms with Gasteiger partial charge in [0.05, 0.1) is 12.8 Å². The number of halogens is 1. The van der Waals surface area contributed by atoms with Gasteiger partial charge in [-0.25, -0.2) is 8.42 Å². The molecule has 9 heteroatoms. The minimum absolute atomic E-state index is 0.0292. The third kappa shape index (κ3) is 5.41. The fourth-order valence-corrected chi connectivity index (χ4v) is 5.64. The van der Waals surface area contributed by atoms with Crippen molar-refractivity contribution in [3.63, 3.8) is 0 Å². The largest absolute Gasteiger partial charge is 0.351 e. The average molecular weight is 470 g/mol. The Morgan fingerprint density at radius 2 is 1.77 bits per heavy atom. The number of anilines is 1. The summed E-state index contributed by atoms with van der Waals surface area (Å²) in [6, 6.07) is 5.15. The van der Waals surface area contributed by atoms with Gasteiger partial charge in [-0.2, -0.15) is 4.31 Å². The molecule has 1 N–H and O–H groups in total. The maximum absolute atomic E-state index is 13.6. The highest BCUT2D eigenvalue weighted by molar-refractivity contribution is 7.88. The highest BCUT2D eigenvalue weighted by Crippen LogP contribution is 2.34. The second-order valence-electron chi connectivity index (χ2n) is 8.98. The maximum atomic E-state index is 13.6. The predicted molar refractivity (Wildman–Crippen MR) is 123 cm³/mol. The number of nitrogens with one attached hydrogen (secondary N) is 1. The summed E-state index contributed by atoms with van der Waals surface area (Å²) < 4.78 is 25.6. The van der Waals surface area contributed by atoms with Crippen LogP contribution in [-0.4, -0.2) is 55.5 Å². The molecule has 7 nitrogen and oxygen atoms in total. The normalized spacial score (nSPS) is 24.5. The van der Waals surface area contributed by atoms with Crippen molar-refractivity contribution in [1.29, 1.82) is 0 Å². The molecule has 0 aromatic heterocycles. The van der Waals surface area contributed by atoms with Gasteiger partial charge in [0.15, 0.2) is 0 Å². The van der Waals surface area contributed by atoms with E-state index >= 15 is 0 Å². The summed E-state index contributed by atoms with van der Waals surface area (Å²) in [4.78, 5) is 28.3. The van der Waals surface area contributed by atoms with E-state index in [9.17, 15) is 18.0 Å². The lowest BCUT2D eigenvalue weighted by molar-refractivity contribution is -0.133. The van der Waals surface area contributed by atoms with Crippen molar-refractivity contribution >= 4 is 39.1 Å². The van der Waals surface area contributed by atoms with Crippen LogP contribution in [0.2, 0.25) is 5.02 Å². The van der Waals surface area contributed by atoms with Gasteiger partial charge in [0.2, 0.25) is 21.8 Å². The lowest BCUT2D eigenvalue weighted by Crippen LogP contribution is -2.70. The van der Waals surface area contributed by atoms with Crippen LogP contribution in [0.5, 0.6) is 0 Å². The number of aryl methyl sites for hydroxylation is 1. The lowest BCUT2D eigenvalue weighted by Gasteiger charge is -2.47. The monoisotopic (exact) mass is 469 g/mol. The van der Waals surface area contributed by atoms with Gasteiger partial charge in [-0.05, 0) is 50.5 Å². The summed E-state index contributed by atoms with van der Waals surface area (Å²) in [5.74, 6) is -0.758. The Labute approximate surface area is 190 Å². The number of hydrogen-bond donors (Lipinski definition) is 1. The lowest BCUT2D eigenvalue weighted by atomic mass is 9.91. The Morgan fingerprint density at radius 1 is 1.16 bits per heavy atom. The Morgan fingerprint density at radius 3 is 2.35 bits per heavy atom. The molecular formula is C22H32ClN3O4S. The molecule has 172 valence electrons. The van der Waals surface area contributed by atoms with E-state index in [0.717, 1.165) is 54.6 Å². The molecule has 0 spiro atoms. The number of sulfonamides is 1. The number of hydrogen-bond acceptors (Lipinski definition) is 4. The number of piperazine rings is 1. The van der Waals surface area contributed by atoms with Crippen LogP contribution in [0.25, 0.3) is 0 Å². The second kappa shape index (κ2) is 9.46. The molecule has 0 radical (unpaired) electrons. The molecule has 2 amide bonds. The van der Waals surface area contributed by atoms with Crippen molar-refractivity contribution in [3.8, 4) is 0 Å². The summed E-state index contributed by atoms with van der Waals surface area (Å²) in [6.07, 6.45) is 8.49. The van der Waals surface area contributed by atoms with Gasteiger partial charge in [-0.15, -0.1) is 0 Å². The number of carbonyl (C=O) groups is 2. The molecule has 1 saturated heterocycles. The summed E-state index contributed by atoms with van der Waals surface area (Å²) in [5.41, 5.74) is -0.0594. The zero-order chi connectivity index (χ0) is 22.8. The standard InChI is InChI=1S/C22H32ClN3O4S/c1-16-13-17(23)11-12-19(16)26-20(27)14-25(31(3,29)30)15-22(26,2)21(28)24-18-9-7-5-4-6-8-10-18/h11-13,18H,4-10,14-15H2,1-3H3,(H,24,28)/t22-/m0/s1. The van der Waals surface area contributed by atoms with Crippen molar-refractivity contribution < 1.29 is 18.0 Å². The van der Waals surface area contributed by atoms with E-state index in [2.05, 4.69) is 5.32 Å². The smallest absolute Gasteiger partial charge is 0.247 e. The molecule has 3 rings (SSSR count). The van der Waals surface area contributed by atoms with Crippen LogP contribution in [0.4, 0.5) is 5.69 Å². The van der Waals surface area contributed by atoms with E-state index < -0.39 is 21.5 Å². The van der Waals surface area contributed by atoms with Gasteiger partial charge in [0, 0.05) is 23.3 Å². The molecule has 1 atom stereocenters. The fraction of sp³-hybridized carbons (Fsp3) is 0.636. The topological polar surface area (TPSA) is 86.8 Å². The third-order valence-corrected chi connectivity index (χ3v) is 7.77. The quantitative estimate of drug-likeness (QED) is 0.733. The van der Waals surface area contributed by atoms with Crippen LogP contribution in [0.3, 0.4) is 0 Å². The van der Waals surface area contributed by atoms with Crippen molar-refractivity contribution in [2.45, 2.75) is 70.4 Å². The SMILES string of the molecule is Cc1cc(Cl)ccc1N1C(=O)CN(S(C)(=O)=O)C[C@@]1(C)C(=O)NC1CCCCCCC1. The Kier molecular flexibility index (Phi) is 7.33. The molecule has 1 saturated carbocycles. The van der Waals surface area contributed by atoms with Crippen molar-refractivity contribution in [2.75, 3.05) is 24.2 Å². The van der Waals surface area contributed by atoms with E-state index in [4.69, 9.17) is 11.6 Å². The van der Waals surface area contributed by atoms with Crippen LogP contribution < -0.4 is 10.2 Å². The summed E-state index contributed by atoms with van der Waals surface area (Å²) in [7, 11) is -3.64. The Balaban J connectivity index is 1.97. The molecule has 2 fully saturated rings. The van der Waals surface area contributed by atoms with E-state index in [0.29, 0.717) is 10.7 Å². The van der Waals surface area contributed by atoms with Crippen LogP contribution >= 0.6 is 11.6 Å². The predicted octanol–water partition coefficient (Wildman–Crippen LogP) is 3.24. The Hall–Kier alpha value is -1.64. The van der Waals surface area contributed by atoms with Gasteiger partial charge < -0.3 is 5.32 Å². The number of benzene rings is 1. The van der Waals surface area contributed by atoms with Gasteiger partial charge in [-0.1, -0.05) is 43.7 Å². The second-order valence-corrected chi connectivity index (χ2v) is 11.4. The minimum Gasteiger partial charge on any atom is -0.351 e. The molecule has 1 aromatic rings. The molecule has 1 aliphatic carbocycles.